The zero-order valence-corrected chi connectivity index (χ0v) is 12.2. The quantitative estimate of drug-likeness (QED) is 0.920. The normalized spacial score (nSPS) is 16.1. The van der Waals surface area contributed by atoms with Crippen molar-refractivity contribution in [2.24, 2.45) is 0 Å². The Morgan fingerprint density at radius 2 is 1.95 bits per heavy atom. The van der Waals surface area contributed by atoms with Crippen LogP contribution in [0.5, 0.6) is 0 Å². The van der Waals surface area contributed by atoms with E-state index in [0.717, 1.165) is 37.1 Å². The molecule has 0 unspecified atom stereocenters. The van der Waals surface area contributed by atoms with Gasteiger partial charge in [0.05, 0.1) is 6.04 Å². The molecule has 0 atom stereocenters. The lowest BCUT2D eigenvalue weighted by atomic mass is 10.0. The molecule has 0 radical (unpaired) electrons. The molecule has 0 spiro atoms. The second-order valence-electron chi connectivity index (χ2n) is 5.56. The van der Waals surface area contributed by atoms with Gasteiger partial charge in [0.25, 0.3) is 5.91 Å². The van der Waals surface area contributed by atoms with E-state index in [2.05, 4.69) is 5.10 Å². The Morgan fingerprint density at radius 1 is 1.24 bits per heavy atom. The number of piperidine rings is 1. The van der Waals surface area contributed by atoms with Crippen LogP contribution in [0.3, 0.4) is 0 Å². The standard InChI is InChI=1S/C16H20N4O/c1-12-4-2-3-5-14(12)16(21)19-9-6-13(7-10-19)20-11-8-15(17)18-20/h2-5,8,11,13H,6-7,9-10H2,1H3,(H2,17,18). The summed E-state index contributed by atoms with van der Waals surface area (Å²) in [5.41, 5.74) is 7.49. The van der Waals surface area contributed by atoms with E-state index in [9.17, 15) is 4.79 Å². The lowest BCUT2D eigenvalue weighted by Crippen LogP contribution is -2.39. The summed E-state index contributed by atoms with van der Waals surface area (Å²) in [6.07, 6.45) is 3.75. The van der Waals surface area contributed by atoms with Crippen LogP contribution in [0.25, 0.3) is 0 Å². The summed E-state index contributed by atoms with van der Waals surface area (Å²) < 4.78 is 1.92. The number of nitrogen functional groups attached to an aromatic ring is 1. The Morgan fingerprint density at radius 3 is 2.57 bits per heavy atom. The van der Waals surface area contributed by atoms with E-state index in [0.29, 0.717) is 11.9 Å². The van der Waals surface area contributed by atoms with Crippen LogP contribution in [-0.4, -0.2) is 33.7 Å². The Balaban J connectivity index is 1.66. The first kappa shape index (κ1) is 13.7. The number of carbonyl (C=O) groups excluding carboxylic acids is 1. The maximum absolute atomic E-state index is 12.6. The highest BCUT2D eigenvalue weighted by Gasteiger charge is 2.25. The number of aryl methyl sites for hydroxylation is 1. The van der Waals surface area contributed by atoms with Crippen molar-refractivity contribution >= 4 is 11.7 Å². The summed E-state index contributed by atoms with van der Waals surface area (Å²) in [7, 11) is 0. The number of nitrogens with two attached hydrogens (primary N) is 1. The fourth-order valence-corrected chi connectivity index (χ4v) is 2.87. The van der Waals surface area contributed by atoms with Crippen LogP contribution in [0.1, 0.15) is 34.8 Å². The molecule has 1 aromatic carbocycles. The van der Waals surface area contributed by atoms with Crippen molar-refractivity contribution in [2.45, 2.75) is 25.8 Å². The average molecular weight is 284 g/mol. The Labute approximate surface area is 124 Å². The number of nitrogens with zero attached hydrogens (tertiary/aromatic N) is 3. The fraction of sp³-hybridized carbons (Fsp3) is 0.375. The molecule has 1 aliphatic heterocycles. The van der Waals surface area contributed by atoms with Crippen molar-refractivity contribution in [1.82, 2.24) is 14.7 Å². The number of amides is 1. The molecule has 0 saturated carbocycles. The molecule has 5 heteroatoms. The van der Waals surface area contributed by atoms with Crippen molar-refractivity contribution < 1.29 is 4.79 Å². The lowest BCUT2D eigenvalue weighted by Gasteiger charge is -2.32. The topological polar surface area (TPSA) is 64.2 Å². The van der Waals surface area contributed by atoms with Crippen LogP contribution >= 0.6 is 0 Å². The van der Waals surface area contributed by atoms with E-state index >= 15 is 0 Å². The van der Waals surface area contributed by atoms with Crippen molar-refractivity contribution in [3.8, 4) is 0 Å². The fourth-order valence-electron chi connectivity index (χ4n) is 2.87. The summed E-state index contributed by atoms with van der Waals surface area (Å²) in [6, 6.07) is 9.90. The van der Waals surface area contributed by atoms with Crippen LogP contribution in [0.2, 0.25) is 0 Å². The van der Waals surface area contributed by atoms with Gasteiger partial charge in [-0.25, -0.2) is 0 Å². The minimum absolute atomic E-state index is 0.131. The third-order valence-corrected chi connectivity index (χ3v) is 4.13. The van der Waals surface area contributed by atoms with Gasteiger partial charge in [0, 0.05) is 24.8 Å². The Bertz CT molecular complexity index is 641. The number of carbonyl (C=O) groups is 1. The highest BCUT2D eigenvalue weighted by molar-refractivity contribution is 5.95. The van der Waals surface area contributed by atoms with Crippen molar-refractivity contribution in [3.63, 3.8) is 0 Å². The Hall–Kier alpha value is -2.30. The molecule has 1 aliphatic rings. The summed E-state index contributed by atoms with van der Waals surface area (Å²) in [4.78, 5) is 14.5. The van der Waals surface area contributed by atoms with Gasteiger partial charge in [-0.15, -0.1) is 0 Å². The predicted octanol–water partition coefficient (Wildman–Crippen LogP) is 2.25. The summed E-state index contributed by atoms with van der Waals surface area (Å²) in [6.45, 7) is 3.50. The molecule has 1 amide bonds. The van der Waals surface area contributed by atoms with E-state index in [1.807, 2.05) is 53.0 Å². The number of anilines is 1. The molecule has 5 nitrogen and oxygen atoms in total. The number of rotatable bonds is 2. The first-order valence-corrected chi connectivity index (χ1v) is 7.30. The minimum Gasteiger partial charge on any atom is -0.382 e. The molecule has 0 bridgehead atoms. The molecule has 1 fully saturated rings. The van der Waals surface area contributed by atoms with E-state index in [1.54, 1.807) is 0 Å². The van der Waals surface area contributed by atoms with Gasteiger partial charge in [-0.1, -0.05) is 18.2 Å². The van der Waals surface area contributed by atoms with Crippen molar-refractivity contribution in [3.05, 3.63) is 47.7 Å². The number of hydrogen-bond donors (Lipinski definition) is 1. The zero-order valence-electron chi connectivity index (χ0n) is 12.2. The van der Waals surface area contributed by atoms with Crippen molar-refractivity contribution in [1.29, 1.82) is 0 Å². The van der Waals surface area contributed by atoms with Crippen LogP contribution in [0.4, 0.5) is 5.82 Å². The van der Waals surface area contributed by atoms with E-state index in [-0.39, 0.29) is 5.91 Å². The molecular formula is C16H20N4O. The number of likely N-dealkylation sites (tertiary alicyclic amines) is 1. The smallest absolute Gasteiger partial charge is 0.254 e. The zero-order chi connectivity index (χ0) is 14.8. The van der Waals surface area contributed by atoms with Gasteiger partial charge in [0.2, 0.25) is 0 Å². The minimum atomic E-state index is 0.131. The number of hydrogen-bond acceptors (Lipinski definition) is 3. The first-order chi connectivity index (χ1) is 10.1. The highest BCUT2D eigenvalue weighted by Crippen LogP contribution is 2.24. The Kier molecular flexibility index (Phi) is 3.64. The van der Waals surface area contributed by atoms with Gasteiger partial charge in [0.15, 0.2) is 0 Å². The molecule has 2 heterocycles. The largest absolute Gasteiger partial charge is 0.382 e. The van der Waals surface area contributed by atoms with Gasteiger partial charge in [-0.05, 0) is 37.5 Å². The van der Waals surface area contributed by atoms with E-state index < -0.39 is 0 Å². The van der Waals surface area contributed by atoms with Crippen molar-refractivity contribution in [2.75, 3.05) is 18.8 Å². The van der Waals surface area contributed by atoms with Crippen LogP contribution in [0.15, 0.2) is 36.5 Å². The predicted molar refractivity (Wildman–Crippen MR) is 82.0 cm³/mol. The highest BCUT2D eigenvalue weighted by atomic mass is 16.2. The monoisotopic (exact) mass is 284 g/mol. The van der Waals surface area contributed by atoms with Gasteiger partial charge in [-0.2, -0.15) is 5.10 Å². The second-order valence-corrected chi connectivity index (χ2v) is 5.56. The summed E-state index contributed by atoms with van der Waals surface area (Å²) in [5.74, 6) is 0.681. The molecule has 1 saturated heterocycles. The van der Waals surface area contributed by atoms with Crippen LogP contribution in [-0.2, 0) is 0 Å². The first-order valence-electron chi connectivity index (χ1n) is 7.30. The summed E-state index contributed by atoms with van der Waals surface area (Å²) >= 11 is 0. The molecule has 21 heavy (non-hydrogen) atoms. The number of aromatic nitrogens is 2. The molecular weight excluding hydrogens is 264 g/mol. The van der Waals surface area contributed by atoms with Gasteiger partial charge >= 0.3 is 0 Å². The maximum atomic E-state index is 12.6. The van der Waals surface area contributed by atoms with Gasteiger partial charge < -0.3 is 10.6 Å². The van der Waals surface area contributed by atoms with E-state index in [4.69, 9.17) is 5.73 Å². The molecule has 110 valence electrons. The summed E-state index contributed by atoms with van der Waals surface area (Å²) in [5, 5.41) is 4.27. The van der Waals surface area contributed by atoms with Gasteiger partial charge in [0.1, 0.15) is 5.82 Å². The average Bonchev–Trinajstić information content (AvgIpc) is 2.94. The third kappa shape index (κ3) is 2.77. The lowest BCUT2D eigenvalue weighted by molar-refractivity contribution is 0.0689. The van der Waals surface area contributed by atoms with Gasteiger partial charge in [-0.3, -0.25) is 9.48 Å². The van der Waals surface area contributed by atoms with Crippen LogP contribution in [0, 0.1) is 6.92 Å². The van der Waals surface area contributed by atoms with Crippen LogP contribution < -0.4 is 5.73 Å². The van der Waals surface area contributed by atoms with E-state index in [1.165, 1.54) is 0 Å². The molecule has 1 aromatic heterocycles. The maximum Gasteiger partial charge on any atom is 0.254 e. The number of benzene rings is 1. The molecule has 0 aliphatic carbocycles. The molecule has 2 aromatic rings. The second kappa shape index (κ2) is 5.60. The molecule has 2 N–H and O–H groups in total. The molecule has 3 rings (SSSR count). The SMILES string of the molecule is Cc1ccccc1C(=O)N1CCC(n2ccc(N)n2)CC1. The third-order valence-electron chi connectivity index (χ3n) is 4.13.